The number of nitrogens with zero attached hydrogens (tertiary/aromatic N) is 2. The second kappa shape index (κ2) is 7.06. The van der Waals surface area contributed by atoms with E-state index >= 15 is 0 Å². The SMILES string of the molecule is CNC1CCC(Nc2cnn(CCO)c(=O)c2Cl)CC1. The third-order valence-electron chi connectivity index (χ3n) is 3.79. The molecule has 7 heteroatoms. The highest BCUT2D eigenvalue weighted by Gasteiger charge is 2.21. The summed E-state index contributed by atoms with van der Waals surface area (Å²) >= 11 is 6.08. The van der Waals surface area contributed by atoms with Gasteiger partial charge in [0.15, 0.2) is 0 Å². The Labute approximate surface area is 123 Å². The highest BCUT2D eigenvalue weighted by Crippen LogP contribution is 2.24. The Kier molecular flexibility index (Phi) is 5.39. The molecule has 0 aromatic carbocycles. The highest BCUT2D eigenvalue weighted by atomic mass is 35.5. The molecule has 0 aliphatic heterocycles. The van der Waals surface area contributed by atoms with Crippen LogP contribution in [0.25, 0.3) is 0 Å². The molecule has 1 saturated carbocycles. The smallest absolute Gasteiger partial charge is 0.287 e. The molecule has 112 valence electrons. The van der Waals surface area contributed by atoms with E-state index in [0.717, 1.165) is 25.7 Å². The minimum Gasteiger partial charge on any atom is -0.394 e. The molecule has 3 N–H and O–H groups in total. The quantitative estimate of drug-likeness (QED) is 0.751. The number of aliphatic hydroxyl groups excluding tert-OH is 1. The van der Waals surface area contributed by atoms with Gasteiger partial charge in [-0.25, -0.2) is 4.68 Å². The zero-order chi connectivity index (χ0) is 14.5. The van der Waals surface area contributed by atoms with Crippen LogP contribution in [0.1, 0.15) is 25.7 Å². The van der Waals surface area contributed by atoms with Crippen molar-refractivity contribution in [3.05, 3.63) is 21.6 Å². The fourth-order valence-electron chi connectivity index (χ4n) is 2.57. The lowest BCUT2D eigenvalue weighted by Gasteiger charge is -2.29. The van der Waals surface area contributed by atoms with Crippen molar-refractivity contribution < 1.29 is 5.11 Å². The van der Waals surface area contributed by atoms with Gasteiger partial charge in [-0.05, 0) is 32.7 Å². The van der Waals surface area contributed by atoms with Gasteiger partial charge in [0.05, 0.1) is 25.0 Å². The molecular formula is C13H21ClN4O2. The average Bonchev–Trinajstić information content (AvgIpc) is 2.48. The summed E-state index contributed by atoms with van der Waals surface area (Å²) in [5.41, 5.74) is 0.216. The van der Waals surface area contributed by atoms with Gasteiger partial charge in [0, 0.05) is 12.1 Å². The summed E-state index contributed by atoms with van der Waals surface area (Å²) in [4.78, 5) is 11.9. The van der Waals surface area contributed by atoms with E-state index in [1.54, 1.807) is 6.20 Å². The van der Waals surface area contributed by atoms with Gasteiger partial charge in [0.25, 0.3) is 5.56 Å². The van der Waals surface area contributed by atoms with Crippen molar-refractivity contribution >= 4 is 17.3 Å². The molecule has 1 aromatic rings. The van der Waals surface area contributed by atoms with Crippen LogP contribution in [0.5, 0.6) is 0 Å². The molecule has 0 unspecified atom stereocenters. The molecule has 0 bridgehead atoms. The average molecular weight is 301 g/mol. The van der Waals surface area contributed by atoms with Gasteiger partial charge in [-0.2, -0.15) is 5.10 Å². The molecule has 1 heterocycles. The number of aromatic nitrogens is 2. The van der Waals surface area contributed by atoms with Crippen LogP contribution in [0.4, 0.5) is 5.69 Å². The fourth-order valence-corrected chi connectivity index (χ4v) is 2.77. The minimum atomic E-state index is -0.366. The lowest BCUT2D eigenvalue weighted by Crippen LogP contribution is -2.35. The van der Waals surface area contributed by atoms with Crippen LogP contribution in [0.2, 0.25) is 5.02 Å². The summed E-state index contributed by atoms with van der Waals surface area (Å²) in [5, 5.41) is 19.6. The van der Waals surface area contributed by atoms with Gasteiger partial charge < -0.3 is 15.7 Å². The monoisotopic (exact) mass is 300 g/mol. The van der Waals surface area contributed by atoms with Crippen LogP contribution in [0, 0.1) is 0 Å². The molecule has 0 amide bonds. The Balaban J connectivity index is 2.03. The summed E-state index contributed by atoms with van der Waals surface area (Å²) in [6.07, 6.45) is 5.87. The Morgan fingerprint density at radius 1 is 1.40 bits per heavy atom. The maximum absolute atomic E-state index is 11.9. The topological polar surface area (TPSA) is 79.2 Å². The van der Waals surface area contributed by atoms with E-state index in [9.17, 15) is 4.79 Å². The van der Waals surface area contributed by atoms with E-state index in [1.165, 1.54) is 4.68 Å². The molecule has 6 nitrogen and oxygen atoms in total. The summed E-state index contributed by atoms with van der Waals surface area (Å²) in [5.74, 6) is 0. The van der Waals surface area contributed by atoms with Gasteiger partial charge >= 0.3 is 0 Å². The standard InChI is InChI=1S/C13H21ClN4O2/c1-15-9-2-4-10(5-3-9)17-11-8-16-18(6-7-19)13(20)12(11)14/h8-10,15,17,19H,2-7H2,1H3. The maximum atomic E-state index is 11.9. The van der Waals surface area contributed by atoms with Crippen molar-refractivity contribution in [3.63, 3.8) is 0 Å². The molecule has 20 heavy (non-hydrogen) atoms. The van der Waals surface area contributed by atoms with Gasteiger partial charge in [0.1, 0.15) is 5.02 Å². The fraction of sp³-hybridized carbons (Fsp3) is 0.692. The second-order valence-electron chi connectivity index (χ2n) is 5.11. The normalized spacial score (nSPS) is 22.8. The molecule has 1 aliphatic carbocycles. The number of rotatable bonds is 5. The molecule has 0 radical (unpaired) electrons. The zero-order valence-corrected chi connectivity index (χ0v) is 12.4. The van der Waals surface area contributed by atoms with Crippen LogP contribution >= 0.6 is 11.6 Å². The Morgan fingerprint density at radius 2 is 2.05 bits per heavy atom. The molecule has 2 rings (SSSR count). The maximum Gasteiger partial charge on any atom is 0.287 e. The Morgan fingerprint density at radius 3 is 2.65 bits per heavy atom. The van der Waals surface area contributed by atoms with Crippen molar-refractivity contribution in [2.75, 3.05) is 19.0 Å². The Hall–Kier alpha value is -1.11. The second-order valence-corrected chi connectivity index (χ2v) is 5.48. The van der Waals surface area contributed by atoms with Crippen molar-refractivity contribution in [1.82, 2.24) is 15.1 Å². The van der Waals surface area contributed by atoms with Crippen LogP contribution in [-0.4, -0.2) is 40.6 Å². The van der Waals surface area contributed by atoms with Gasteiger partial charge in [0.2, 0.25) is 0 Å². The molecule has 0 atom stereocenters. The zero-order valence-electron chi connectivity index (χ0n) is 11.6. The highest BCUT2D eigenvalue weighted by molar-refractivity contribution is 6.32. The van der Waals surface area contributed by atoms with E-state index in [1.807, 2.05) is 7.05 Å². The third kappa shape index (κ3) is 3.50. The number of hydrogen-bond acceptors (Lipinski definition) is 5. The number of nitrogens with one attached hydrogen (secondary N) is 2. The summed E-state index contributed by atoms with van der Waals surface area (Å²) < 4.78 is 1.17. The largest absolute Gasteiger partial charge is 0.394 e. The first-order chi connectivity index (χ1) is 9.65. The lowest BCUT2D eigenvalue weighted by atomic mass is 9.91. The van der Waals surface area contributed by atoms with E-state index in [4.69, 9.17) is 16.7 Å². The first-order valence-electron chi connectivity index (χ1n) is 6.96. The molecule has 1 aliphatic rings. The number of anilines is 1. The van der Waals surface area contributed by atoms with Crippen LogP contribution in [-0.2, 0) is 6.54 Å². The van der Waals surface area contributed by atoms with Gasteiger partial charge in [-0.3, -0.25) is 4.79 Å². The van der Waals surface area contributed by atoms with E-state index in [-0.39, 0.29) is 23.7 Å². The van der Waals surface area contributed by atoms with Crippen molar-refractivity contribution in [2.45, 2.75) is 44.3 Å². The van der Waals surface area contributed by atoms with Gasteiger partial charge in [-0.1, -0.05) is 11.6 Å². The number of hydrogen-bond donors (Lipinski definition) is 3. The summed E-state index contributed by atoms with van der Waals surface area (Å²) in [6.45, 7) is 0.0240. The minimum absolute atomic E-state index is 0.135. The first-order valence-corrected chi connectivity index (χ1v) is 7.33. The number of aliphatic hydroxyl groups is 1. The van der Waals surface area contributed by atoms with Crippen LogP contribution in [0.15, 0.2) is 11.0 Å². The van der Waals surface area contributed by atoms with Crippen molar-refractivity contribution in [1.29, 1.82) is 0 Å². The van der Waals surface area contributed by atoms with Crippen molar-refractivity contribution in [2.24, 2.45) is 0 Å². The predicted molar refractivity (Wildman–Crippen MR) is 79.3 cm³/mol. The molecule has 0 saturated heterocycles. The molecule has 1 aromatic heterocycles. The molecular weight excluding hydrogens is 280 g/mol. The van der Waals surface area contributed by atoms with Crippen LogP contribution < -0.4 is 16.2 Å². The van der Waals surface area contributed by atoms with Gasteiger partial charge in [-0.15, -0.1) is 0 Å². The molecule has 1 fully saturated rings. The summed E-state index contributed by atoms with van der Waals surface area (Å²) in [7, 11) is 1.99. The van der Waals surface area contributed by atoms with E-state index in [0.29, 0.717) is 17.8 Å². The van der Waals surface area contributed by atoms with E-state index in [2.05, 4.69) is 15.7 Å². The summed E-state index contributed by atoms with van der Waals surface area (Å²) in [6, 6.07) is 0.909. The molecule has 0 spiro atoms. The lowest BCUT2D eigenvalue weighted by molar-refractivity contribution is 0.266. The first kappa shape index (κ1) is 15.3. The van der Waals surface area contributed by atoms with E-state index < -0.39 is 0 Å². The van der Waals surface area contributed by atoms with Crippen molar-refractivity contribution in [3.8, 4) is 0 Å². The van der Waals surface area contributed by atoms with Crippen LogP contribution in [0.3, 0.4) is 0 Å². The predicted octanol–water partition coefficient (Wildman–Crippen LogP) is 0.831. The third-order valence-corrected chi connectivity index (χ3v) is 4.16. The number of halogens is 1. The Bertz CT molecular complexity index is 498.